The molecule has 2 bridgehead atoms. The van der Waals surface area contributed by atoms with Gasteiger partial charge in [0, 0.05) is 19.0 Å². The second-order valence-corrected chi connectivity index (χ2v) is 13.0. The van der Waals surface area contributed by atoms with E-state index in [0.717, 1.165) is 33.4 Å². The van der Waals surface area contributed by atoms with Crippen molar-refractivity contribution in [3.63, 3.8) is 0 Å². The third kappa shape index (κ3) is 3.17. The molecule has 0 radical (unpaired) electrons. The number of sulfonamides is 1. The van der Waals surface area contributed by atoms with E-state index in [-0.39, 0.29) is 30.5 Å². The van der Waals surface area contributed by atoms with Crippen molar-refractivity contribution in [1.82, 2.24) is 4.31 Å². The van der Waals surface area contributed by atoms with Crippen LogP contribution in [0, 0.1) is 12.3 Å². The van der Waals surface area contributed by atoms with Gasteiger partial charge in [-0.1, -0.05) is 103 Å². The van der Waals surface area contributed by atoms with E-state index in [1.807, 2.05) is 73.7 Å². The number of benzene rings is 4. The molecule has 4 aliphatic rings. The summed E-state index contributed by atoms with van der Waals surface area (Å²) in [4.78, 5) is 14.7. The minimum atomic E-state index is -3.93. The Bertz CT molecular complexity index is 1730. The molecule has 1 aliphatic heterocycles. The first kappa shape index (κ1) is 25.0. The van der Waals surface area contributed by atoms with Crippen LogP contribution < -0.4 is 0 Å². The third-order valence-electron chi connectivity index (χ3n) is 9.14. The van der Waals surface area contributed by atoms with Crippen LogP contribution in [0.5, 0.6) is 0 Å². The molecule has 6 heteroatoms. The molecule has 0 N–H and O–H groups in total. The Kier molecular flexibility index (Phi) is 5.47. The van der Waals surface area contributed by atoms with Gasteiger partial charge in [0.25, 0.3) is 0 Å². The minimum absolute atomic E-state index is 0.0329. The van der Waals surface area contributed by atoms with Crippen molar-refractivity contribution >= 4 is 16.0 Å². The largest absolute Gasteiger partial charge is 0.460 e. The second-order valence-electron chi connectivity index (χ2n) is 11.1. The highest BCUT2D eigenvalue weighted by Gasteiger charge is 2.73. The van der Waals surface area contributed by atoms with Gasteiger partial charge in [0.2, 0.25) is 10.0 Å². The zero-order chi connectivity index (χ0) is 27.7. The van der Waals surface area contributed by atoms with Gasteiger partial charge in [-0.15, -0.1) is 0 Å². The SMILES string of the molecule is C=C1C2c3ccccc3C3(CN(S(=O)(=O)c4ccc(C)cc4)CC13C(=O)OCc1ccccc1)c1ccccc12. The average molecular weight is 548 g/mol. The van der Waals surface area contributed by atoms with Crippen LogP contribution in [0.15, 0.2) is 120 Å². The van der Waals surface area contributed by atoms with Crippen molar-refractivity contribution in [3.8, 4) is 0 Å². The van der Waals surface area contributed by atoms with E-state index in [2.05, 4.69) is 18.7 Å². The number of ether oxygens (including phenoxy) is 1. The number of aryl methyl sites for hydroxylation is 1. The molecule has 40 heavy (non-hydrogen) atoms. The van der Waals surface area contributed by atoms with E-state index in [1.54, 1.807) is 24.3 Å². The predicted octanol–water partition coefficient (Wildman–Crippen LogP) is 5.73. The summed E-state index contributed by atoms with van der Waals surface area (Å²) in [6.07, 6.45) is 0. The van der Waals surface area contributed by atoms with Crippen molar-refractivity contribution in [3.05, 3.63) is 149 Å². The summed E-state index contributed by atoms with van der Waals surface area (Å²) in [6.45, 7) is 6.67. The van der Waals surface area contributed by atoms with Crippen LogP contribution >= 0.6 is 0 Å². The Morgan fingerprint density at radius 2 is 1.43 bits per heavy atom. The van der Waals surface area contributed by atoms with E-state index < -0.39 is 26.8 Å². The van der Waals surface area contributed by atoms with E-state index in [9.17, 15) is 13.2 Å². The van der Waals surface area contributed by atoms with Crippen LogP contribution in [0.2, 0.25) is 0 Å². The van der Waals surface area contributed by atoms with Crippen LogP contribution in [-0.4, -0.2) is 31.8 Å². The van der Waals surface area contributed by atoms with Crippen LogP contribution in [0.3, 0.4) is 0 Å². The van der Waals surface area contributed by atoms with Crippen molar-refractivity contribution in [2.45, 2.75) is 29.8 Å². The van der Waals surface area contributed by atoms with Gasteiger partial charge in [0.1, 0.15) is 12.0 Å². The lowest BCUT2D eigenvalue weighted by Gasteiger charge is -2.57. The molecular formula is C34H29NO4S. The topological polar surface area (TPSA) is 63.7 Å². The Hall–Kier alpha value is -4.00. The highest BCUT2D eigenvalue weighted by molar-refractivity contribution is 7.89. The molecule has 1 saturated heterocycles. The van der Waals surface area contributed by atoms with E-state index in [4.69, 9.17) is 4.74 Å². The van der Waals surface area contributed by atoms with Gasteiger partial charge in [-0.05, 0) is 52.4 Å². The number of hydrogen-bond donors (Lipinski definition) is 0. The monoisotopic (exact) mass is 547 g/mol. The molecule has 3 aliphatic carbocycles. The Balaban J connectivity index is 1.45. The lowest BCUT2D eigenvalue weighted by Crippen LogP contribution is -2.59. The standard InChI is InChI=1S/C34H29NO4S/c1-23-16-18-26(19-17-23)40(37,38)35-21-33(32(36)39-20-25-10-4-3-5-11-25)24(2)31-27-12-6-8-14-29(27)34(33,22-35)30-15-9-7-13-28(30)31/h3-19,31H,2,20-22H2,1H3. The van der Waals surface area contributed by atoms with Crippen molar-refractivity contribution in [2.75, 3.05) is 13.1 Å². The molecular weight excluding hydrogens is 518 g/mol. The summed E-state index contributed by atoms with van der Waals surface area (Å²) in [7, 11) is -3.93. The van der Waals surface area contributed by atoms with Gasteiger partial charge in [0.15, 0.2) is 0 Å². The fraction of sp³-hybridized carbons (Fsp3) is 0.206. The summed E-state index contributed by atoms with van der Waals surface area (Å²) < 4.78 is 35.9. The average Bonchev–Trinajstić information content (AvgIpc) is 3.37. The van der Waals surface area contributed by atoms with E-state index in [0.29, 0.717) is 5.57 Å². The van der Waals surface area contributed by atoms with Crippen LogP contribution in [-0.2, 0) is 31.6 Å². The zero-order valence-electron chi connectivity index (χ0n) is 22.2. The Morgan fingerprint density at radius 3 is 2.05 bits per heavy atom. The normalized spacial score (nSPS) is 24.7. The summed E-state index contributed by atoms with van der Waals surface area (Å²) in [5, 5.41) is 0. The van der Waals surface area contributed by atoms with Crippen molar-refractivity contribution in [2.24, 2.45) is 5.41 Å². The lowest BCUT2D eigenvalue weighted by atomic mass is 9.43. The number of rotatable bonds is 5. The smallest absolute Gasteiger partial charge is 0.319 e. The van der Waals surface area contributed by atoms with Crippen LogP contribution in [0.25, 0.3) is 0 Å². The molecule has 200 valence electrons. The molecule has 1 heterocycles. The van der Waals surface area contributed by atoms with Gasteiger partial charge in [-0.3, -0.25) is 4.79 Å². The summed E-state index contributed by atoms with van der Waals surface area (Å²) in [5.74, 6) is -0.669. The summed E-state index contributed by atoms with van der Waals surface area (Å²) in [6, 6.07) is 32.6. The fourth-order valence-electron chi connectivity index (χ4n) is 7.32. The molecule has 4 aromatic carbocycles. The fourth-order valence-corrected chi connectivity index (χ4v) is 8.82. The van der Waals surface area contributed by atoms with Gasteiger partial charge in [-0.25, -0.2) is 8.42 Å². The van der Waals surface area contributed by atoms with Crippen LogP contribution in [0.1, 0.15) is 39.3 Å². The van der Waals surface area contributed by atoms with Gasteiger partial charge in [0.05, 0.1) is 10.3 Å². The number of hydrogen-bond acceptors (Lipinski definition) is 4. The molecule has 1 spiro atoms. The molecule has 4 aromatic rings. The first-order valence-corrected chi connectivity index (χ1v) is 14.9. The molecule has 0 amide bonds. The third-order valence-corrected chi connectivity index (χ3v) is 10.9. The number of nitrogens with zero attached hydrogens (tertiary/aromatic N) is 1. The maximum Gasteiger partial charge on any atom is 0.319 e. The maximum absolute atomic E-state index is 14.5. The van der Waals surface area contributed by atoms with E-state index in [1.165, 1.54) is 4.31 Å². The quantitative estimate of drug-likeness (QED) is 0.237. The molecule has 0 aromatic heterocycles. The highest BCUT2D eigenvalue weighted by atomic mass is 32.2. The second kappa shape index (κ2) is 8.75. The highest BCUT2D eigenvalue weighted by Crippen LogP contribution is 2.69. The lowest BCUT2D eigenvalue weighted by molar-refractivity contribution is -0.157. The number of carbonyl (C=O) groups is 1. The summed E-state index contributed by atoms with van der Waals surface area (Å²) in [5.41, 5.74) is 4.39. The van der Waals surface area contributed by atoms with Gasteiger partial charge < -0.3 is 4.74 Å². The first-order valence-electron chi connectivity index (χ1n) is 13.5. The van der Waals surface area contributed by atoms with E-state index >= 15 is 0 Å². The minimum Gasteiger partial charge on any atom is -0.460 e. The maximum atomic E-state index is 14.5. The Labute approximate surface area is 234 Å². The zero-order valence-corrected chi connectivity index (χ0v) is 23.0. The molecule has 5 nitrogen and oxygen atoms in total. The van der Waals surface area contributed by atoms with Gasteiger partial charge in [-0.2, -0.15) is 4.31 Å². The number of carbonyl (C=O) groups excluding carboxylic acids is 1. The van der Waals surface area contributed by atoms with Crippen molar-refractivity contribution < 1.29 is 17.9 Å². The Morgan fingerprint density at radius 1 is 0.850 bits per heavy atom. The summed E-state index contributed by atoms with van der Waals surface area (Å²) >= 11 is 0. The molecule has 1 unspecified atom stereocenters. The molecule has 1 atom stereocenters. The van der Waals surface area contributed by atoms with Crippen molar-refractivity contribution in [1.29, 1.82) is 0 Å². The molecule has 8 rings (SSSR count). The predicted molar refractivity (Wildman–Crippen MR) is 153 cm³/mol. The number of esters is 1. The van der Waals surface area contributed by atoms with Gasteiger partial charge >= 0.3 is 5.97 Å². The molecule has 0 saturated carbocycles. The van der Waals surface area contributed by atoms with Crippen LogP contribution in [0.4, 0.5) is 0 Å². The molecule has 1 fully saturated rings. The first-order chi connectivity index (χ1) is 19.3.